The van der Waals surface area contributed by atoms with Crippen molar-refractivity contribution in [2.24, 2.45) is 5.92 Å². The number of methoxy groups -OCH3 is 1. The van der Waals surface area contributed by atoms with Crippen LogP contribution in [0.15, 0.2) is 30.3 Å². The Bertz CT molecular complexity index is 625. The molecule has 1 aromatic rings. The summed E-state index contributed by atoms with van der Waals surface area (Å²) in [6.45, 7) is 0.0616. The first-order chi connectivity index (χ1) is 14.0. The van der Waals surface area contributed by atoms with Crippen molar-refractivity contribution in [1.29, 1.82) is 0 Å². The molecule has 0 saturated heterocycles. The zero-order chi connectivity index (χ0) is 21.1. The molecule has 1 aliphatic carbocycles. The first-order valence-corrected chi connectivity index (χ1v) is 11.0. The molecule has 1 aliphatic rings. The Balaban J connectivity index is 1.68. The lowest BCUT2D eigenvalue weighted by molar-refractivity contribution is -0.140. The molecule has 0 radical (unpaired) electrons. The summed E-state index contributed by atoms with van der Waals surface area (Å²) >= 11 is 1.66. The SMILES string of the molecule is COC(=O)CCCSCC[C@H]1C(=O)C[C@@H](O)[C@@H]1OCC(O)COc1ccccc1. The molecular formula is C21H30O7S. The summed E-state index contributed by atoms with van der Waals surface area (Å²) in [5, 5.41) is 20.3. The van der Waals surface area contributed by atoms with Crippen LogP contribution < -0.4 is 4.74 Å². The van der Waals surface area contributed by atoms with Crippen molar-refractivity contribution in [2.75, 3.05) is 31.8 Å². The molecule has 0 aromatic heterocycles. The van der Waals surface area contributed by atoms with E-state index in [4.69, 9.17) is 9.47 Å². The van der Waals surface area contributed by atoms with Crippen molar-refractivity contribution >= 4 is 23.5 Å². The van der Waals surface area contributed by atoms with Gasteiger partial charge in [0.05, 0.1) is 25.9 Å². The number of hydrogen-bond donors (Lipinski definition) is 2. The highest BCUT2D eigenvalue weighted by Crippen LogP contribution is 2.30. The van der Waals surface area contributed by atoms with E-state index in [1.165, 1.54) is 7.11 Å². The monoisotopic (exact) mass is 426 g/mol. The van der Waals surface area contributed by atoms with Gasteiger partial charge in [0, 0.05) is 18.8 Å². The first kappa shape index (κ1) is 23.7. The molecule has 0 aliphatic heterocycles. The number of ketones is 1. The third-order valence-corrected chi connectivity index (χ3v) is 5.84. The van der Waals surface area contributed by atoms with Gasteiger partial charge in [-0.05, 0) is 36.5 Å². The lowest BCUT2D eigenvalue weighted by atomic mass is 10.0. The van der Waals surface area contributed by atoms with E-state index in [9.17, 15) is 19.8 Å². The van der Waals surface area contributed by atoms with Crippen LogP contribution in [0, 0.1) is 5.92 Å². The Morgan fingerprint density at radius 3 is 2.72 bits per heavy atom. The number of hydrogen-bond acceptors (Lipinski definition) is 8. The molecule has 2 rings (SSSR count). The molecule has 0 spiro atoms. The van der Waals surface area contributed by atoms with Crippen molar-refractivity contribution < 1.29 is 34.0 Å². The lowest BCUT2D eigenvalue weighted by Crippen LogP contribution is -2.34. The average molecular weight is 427 g/mol. The minimum absolute atomic E-state index is 0.00677. The molecule has 1 aromatic carbocycles. The zero-order valence-electron chi connectivity index (χ0n) is 16.7. The van der Waals surface area contributed by atoms with E-state index in [2.05, 4.69) is 4.74 Å². The molecule has 29 heavy (non-hydrogen) atoms. The van der Waals surface area contributed by atoms with E-state index in [1.807, 2.05) is 18.2 Å². The Morgan fingerprint density at radius 2 is 2.00 bits per heavy atom. The van der Waals surface area contributed by atoms with Crippen LogP contribution in [0.1, 0.15) is 25.7 Å². The van der Waals surface area contributed by atoms with Crippen LogP contribution in [0.5, 0.6) is 5.75 Å². The highest BCUT2D eigenvalue weighted by molar-refractivity contribution is 7.99. The van der Waals surface area contributed by atoms with Crippen molar-refractivity contribution in [3.8, 4) is 5.75 Å². The maximum atomic E-state index is 12.2. The number of aliphatic hydroxyl groups excluding tert-OH is 2. The number of para-hydroxylation sites is 1. The van der Waals surface area contributed by atoms with Crippen LogP contribution in [-0.4, -0.2) is 72.1 Å². The van der Waals surface area contributed by atoms with Gasteiger partial charge in [0.25, 0.3) is 0 Å². The summed E-state index contributed by atoms with van der Waals surface area (Å²) in [7, 11) is 1.37. The van der Waals surface area contributed by atoms with Crippen molar-refractivity contribution in [2.45, 2.75) is 44.0 Å². The van der Waals surface area contributed by atoms with Crippen LogP contribution in [0.2, 0.25) is 0 Å². The third kappa shape index (κ3) is 8.34. The van der Waals surface area contributed by atoms with Gasteiger partial charge in [-0.15, -0.1) is 0 Å². The molecule has 0 amide bonds. The number of benzene rings is 1. The molecule has 4 atom stereocenters. The molecule has 8 heteroatoms. The molecule has 162 valence electrons. The van der Waals surface area contributed by atoms with Gasteiger partial charge in [-0.1, -0.05) is 18.2 Å². The summed E-state index contributed by atoms with van der Waals surface area (Å²) in [6, 6.07) is 9.16. The summed E-state index contributed by atoms with van der Waals surface area (Å²) in [5.74, 6) is 1.60. The quantitative estimate of drug-likeness (QED) is 0.364. The molecule has 0 bridgehead atoms. The molecule has 0 heterocycles. The fourth-order valence-electron chi connectivity index (χ4n) is 3.19. The van der Waals surface area contributed by atoms with Gasteiger partial charge in [-0.3, -0.25) is 9.59 Å². The summed E-state index contributed by atoms with van der Waals surface area (Å²) in [6.07, 6.45) is -0.514. The molecule has 7 nitrogen and oxygen atoms in total. The van der Waals surface area contributed by atoms with Crippen molar-refractivity contribution in [3.63, 3.8) is 0 Å². The van der Waals surface area contributed by atoms with E-state index in [0.717, 1.165) is 17.9 Å². The molecule has 2 N–H and O–H groups in total. The topological polar surface area (TPSA) is 102 Å². The Morgan fingerprint density at radius 1 is 1.24 bits per heavy atom. The van der Waals surface area contributed by atoms with Gasteiger partial charge in [0.2, 0.25) is 0 Å². The van der Waals surface area contributed by atoms with Gasteiger partial charge in [0.15, 0.2) is 0 Å². The number of rotatable bonds is 13. The molecular weight excluding hydrogens is 396 g/mol. The van der Waals surface area contributed by atoms with E-state index in [-0.39, 0.29) is 37.3 Å². The van der Waals surface area contributed by atoms with Crippen molar-refractivity contribution in [3.05, 3.63) is 30.3 Å². The lowest BCUT2D eigenvalue weighted by Gasteiger charge is -2.23. The zero-order valence-corrected chi connectivity index (χ0v) is 17.5. The standard InChI is InChI=1S/C21H30O7S/c1-26-20(25)8-5-10-29-11-9-17-18(23)12-19(24)21(17)28-14-15(22)13-27-16-6-3-2-4-7-16/h2-4,6-7,15,17,19,21-22,24H,5,8-14H2,1H3/t15?,17-,19+,21+/m0/s1. The number of carbonyl (C=O) groups excluding carboxylic acids is 2. The first-order valence-electron chi connectivity index (χ1n) is 9.84. The van der Waals surface area contributed by atoms with E-state index in [1.54, 1.807) is 23.9 Å². The van der Waals surface area contributed by atoms with Gasteiger partial charge in [0.1, 0.15) is 24.2 Å². The van der Waals surface area contributed by atoms with E-state index >= 15 is 0 Å². The van der Waals surface area contributed by atoms with E-state index in [0.29, 0.717) is 18.6 Å². The summed E-state index contributed by atoms with van der Waals surface area (Å²) < 4.78 is 15.8. The number of carbonyl (C=O) groups is 2. The van der Waals surface area contributed by atoms with Crippen LogP contribution in [-0.2, 0) is 19.1 Å². The second kappa shape index (κ2) is 12.8. The molecule has 1 unspecified atom stereocenters. The smallest absolute Gasteiger partial charge is 0.305 e. The Labute approximate surface area is 175 Å². The Hall–Kier alpha value is -1.61. The number of aliphatic hydroxyl groups is 2. The Kier molecular flexibility index (Phi) is 10.5. The van der Waals surface area contributed by atoms with Crippen LogP contribution in [0.3, 0.4) is 0 Å². The summed E-state index contributed by atoms with van der Waals surface area (Å²) in [5.41, 5.74) is 0. The molecule has 1 fully saturated rings. The van der Waals surface area contributed by atoms with Gasteiger partial charge in [-0.25, -0.2) is 0 Å². The number of ether oxygens (including phenoxy) is 3. The fourth-order valence-corrected chi connectivity index (χ4v) is 4.16. The maximum absolute atomic E-state index is 12.2. The second-order valence-corrected chi connectivity index (χ2v) is 8.23. The minimum atomic E-state index is -0.855. The summed E-state index contributed by atoms with van der Waals surface area (Å²) in [4.78, 5) is 23.3. The highest BCUT2D eigenvalue weighted by Gasteiger charge is 2.42. The number of thioether (sulfide) groups is 1. The average Bonchev–Trinajstić information content (AvgIpc) is 3.00. The van der Waals surface area contributed by atoms with Gasteiger partial charge < -0.3 is 24.4 Å². The van der Waals surface area contributed by atoms with Crippen LogP contribution in [0.25, 0.3) is 0 Å². The largest absolute Gasteiger partial charge is 0.491 e. The van der Waals surface area contributed by atoms with E-state index < -0.39 is 18.3 Å². The van der Waals surface area contributed by atoms with Crippen LogP contribution in [0.4, 0.5) is 0 Å². The predicted octanol–water partition coefficient (Wildman–Crippen LogP) is 1.84. The van der Waals surface area contributed by atoms with Gasteiger partial charge >= 0.3 is 5.97 Å². The second-order valence-electron chi connectivity index (χ2n) is 7.00. The highest BCUT2D eigenvalue weighted by atomic mass is 32.2. The maximum Gasteiger partial charge on any atom is 0.305 e. The number of esters is 1. The fraction of sp³-hybridized carbons (Fsp3) is 0.619. The minimum Gasteiger partial charge on any atom is -0.491 e. The normalized spacial score (nSPS) is 22.4. The number of Topliss-reactive ketones (excluding diaryl/α,β-unsaturated/α-hetero) is 1. The third-order valence-electron chi connectivity index (χ3n) is 4.74. The van der Waals surface area contributed by atoms with Gasteiger partial charge in [-0.2, -0.15) is 11.8 Å². The van der Waals surface area contributed by atoms with Crippen LogP contribution >= 0.6 is 11.8 Å². The molecule has 1 saturated carbocycles. The predicted molar refractivity (Wildman–Crippen MR) is 110 cm³/mol. The van der Waals surface area contributed by atoms with Crippen molar-refractivity contribution in [1.82, 2.24) is 0 Å².